The van der Waals surface area contributed by atoms with Crippen molar-refractivity contribution in [2.45, 2.75) is 11.1 Å². The van der Waals surface area contributed by atoms with Gasteiger partial charge in [0.1, 0.15) is 16.9 Å². The van der Waals surface area contributed by atoms with Gasteiger partial charge in [0.05, 0.1) is 25.1 Å². The second-order valence-corrected chi connectivity index (χ2v) is 5.84. The van der Waals surface area contributed by atoms with Gasteiger partial charge in [-0.25, -0.2) is 4.39 Å². The van der Waals surface area contributed by atoms with Gasteiger partial charge < -0.3 is 9.64 Å². The summed E-state index contributed by atoms with van der Waals surface area (Å²) < 4.78 is 18.7. The van der Waals surface area contributed by atoms with E-state index in [9.17, 15) is 9.18 Å². The van der Waals surface area contributed by atoms with Crippen LogP contribution in [0.4, 0.5) is 4.39 Å². The highest BCUT2D eigenvalue weighted by Gasteiger charge is 2.25. The molecule has 3 rings (SSSR count). The van der Waals surface area contributed by atoms with E-state index in [2.05, 4.69) is 15.4 Å². The van der Waals surface area contributed by atoms with Gasteiger partial charge in [-0.1, -0.05) is 23.9 Å². The zero-order valence-corrected chi connectivity index (χ0v) is 12.6. The van der Waals surface area contributed by atoms with Gasteiger partial charge in [0.15, 0.2) is 0 Å². The van der Waals surface area contributed by atoms with Crippen LogP contribution >= 0.6 is 11.8 Å². The molecule has 0 radical (unpaired) electrons. The van der Waals surface area contributed by atoms with Crippen molar-refractivity contribution >= 4 is 17.7 Å². The Hall–Kier alpha value is -1.93. The van der Waals surface area contributed by atoms with Crippen molar-refractivity contribution in [2.24, 2.45) is 0 Å². The average Bonchev–Trinajstić information content (AvgIpc) is 3.07. The summed E-state index contributed by atoms with van der Waals surface area (Å²) in [4.78, 5) is 14.0. The molecule has 116 valence electrons. The third-order valence-electron chi connectivity index (χ3n) is 3.40. The van der Waals surface area contributed by atoms with Crippen LogP contribution in [0.15, 0.2) is 35.5 Å². The van der Waals surface area contributed by atoms with Gasteiger partial charge in [0.2, 0.25) is 5.91 Å². The molecule has 0 bridgehead atoms. The first-order chi connectivity index (χ1) is 10.7. The van der Waals surface area contributed by atoms with Crippen LogP contribution < -0.4 is 0 Å². The van der Waals surface area contributed by atoms with Crippen molar-refractivity contribution in [1.82, 2.24) is 20.3 Å². The summed E-state index contributed by atoms with van der Waals surface area (Å²) in [6.45, 7) is 1.52. The maximum atomic E-state index is 13.0. The number of hydrogen-bond acceptors (Lipinski definition) is 5. The van der Waals surface area contributed by atoms with Crippen LogP contribution in [-0.2, 0) is 9.53 Å². The second-order valence-electron chi connectivity index (χ2n) is 4.85. The molecule has 1 aliphatic rings. The fourth-order valence-corrected chi connectivity index (χ4v) is 2.93. The number of aromatic nitrogens is 3. The monoisotopic (exact) mass is 322 g/mol. The summed E-state index contributed by atoms with van der Waals surface area (Å²) in [5.41, 5.74) is 0.878. The SMILES string of the molecule is O=C(CSc1cn[nH]n1)N1CCO[C@@H](c2ccc(F)cc2)C1. The average molecular weight is 322 g/mol. The number of benzene rings is 1. The first kappa shape index (κ1) is 15.0. The quantitative estimate of drug-likeness (QED) is 0.867. The molecule has 0 spiro atoms. The van der Waals surface area contributed by atoms with Gasteiger partial charge in [-0.3, -0.25) is 4.79 Å². The Morgan fingerprint density at radius 2 is 2.27 bits per heavy atom. The lowest BCUT2D eigenvalue weighted by molar-refractivity contribution is -0.136. The molecule has 1 atom stereocenters. The van der Waals surface area contributed by atoms with Crippen molar-refractivity contribution < 1.29 is 13.9 Å². The van der Waals surface area contributed by atoms with E-state index in [-0.39, 0.29) is 17.8 Å². The maximum absolute atomic E-state index is 13.0. The van der Waals surface area contributed by atoms with Crippen molar-refractivity contribution in [3.63, 3.8) is 0 Å². The number of carbonyl (C=O) groups is 1. The largest absolute Gasteiger partial charge is 0.370 e. The van der Waals surface area contributed by atoms with E-state index in [0.717, 1.165) is 5.56 Å². The van der Waals surface area contributed by atoms with Crippen LogP contribution in [0.2, 0.25) is 0 Å². The molecule has 1 aromatic heterocycles. The first-order valence-electron chi connectivity index (χ1n) is 6.86. The lowest BCUT2D eigenvalue weighted by Gasteiger charge is -2.33. The molecule has 1 aromatic carbocycles. The fourth-order valence-electron chi connectivity index (χ4n) is 2.24. The second kappa shape index (κ2) is 6.89. The van der Waals surface area contributed by atoms with Gasteiger partial charge in [0.25, 0.3) is 0 Å². The maximum Gasteiger partial charge on any atom is 0.233 e. The van der Waals surface area contributed by atoms with E-state index < -0.39 is 0 Å². The highest BCUT2D eigenvalue weighted by molar-refractivity contribution is 7.99. The lowest BCUT2D eigenvalue weighted by atomic mass is 10.1. The Labute approximate surface area is 131 Å². The minimum Gasteiger partial charge on any atom is -0.370 e. The molecule has 2 aromatic rings. The van der Waals surface area contributed by atoms with Crippen LogP contribution in [0, 0.1) is 5.82 Å². The third kappa shape index (κ3) is 3.63. The van der Waals surface area contributed by atoms with E-state index in [4.69, 9.17) is 4.74 Å². The number of nitrogens with zero attached hydrogens (tertiary/aromatic N) is 3. The molecular formula is C14H15FN4O2S. The number of carbonyl (C=O) groups excluding carboxylic acids is 1. The smallest absolute Gasteiger partial charge is 0.233 e. The predicted molar refractivity (Wildman–Crippen MR) is 78.8 cm³/mol. The van der Waals surface area contributed by atoms with Crippen LogP contribution in [0.5, 0.6) is 0 Å². The van der Waals surface area contributed by atoms with E-state index >= 15 is 0 Å². The number of thioether (sulfide) groups is 1. The first-order valence-corrected chi connectivity index (χ1v) is 7.84. The Morgan fingerprint density at radius 3 is 3.00 bits per heavy atom. The molecule has 0 saturated carbocycles. The number of morpholine rings is 1. The van der Waals surface area contributed by atoms with E-state index in [0.29, 0.717) is 30.5 Å². The third-order valence-corrected chi connectivity index (χ3v) is 4.28. The molecule has 8 heteroatoms. The van der Waals surface area contributed by atoms with Crippen LogP contribution in [0.3, 0.4) is 0 Å². The number of H-pyrrole nitrogens is 1. The minimum absolute atomic E-state index is 0.0309. The zero-order chi connectivity index (χ0) is 15.4. The number of rotatable bonds is 4. The zero-order valence-electron chi connectivity index (χ0n) is 11.7. The van der Waals surface area contributed by atoms with Crippen LogP contribution in [0.25, 0.3) is 0 Å². The molecule has 1 saturated heterocycles. The molecule has 22 heavy (non-hydrogen) atoms. The van der Waals surface area contributed by atoms with Gasteiger partial charge in [0, 0.05) is 6.54 Å². The molecular weight excluding hydrogens is 307 g/mol. The van der Waals surface area contributed by atoms with E-state index in [1.165, 1.54) is 23.9 Å². The molecule has 1 amide bonds. The van der Waals surface area contributed by atoms with Crippen molar-refractivity contribution in [2.75, 3.05) is 25.4 Å². The Bertz CT molecular complexity index is 620. The molecule has 2 heterocycles. The molecule has 1 N–H and O–H groups in total. The van der Waals surface area contributed by atoms with Crippen molar-refractivity contribution in [1.29, 1.82) is 0 Å². The standard InChI is InChI=1S/C14H15FN4O2S/c15-11-3-1-10(2-4-11)12-8-19(5-6-21-12)14(20)9-22-13-7-16-18-17-13/h1-4,7,12H,5-6,8-9H2,(H,16,17,18)/t12-/m1/s1. The highest BCUT2D eigenvalue weighted by atomic mass is 32.2. The number of halogens is 1. The van der Waals surface area contributed by atoms with E-state index in [1.54, 1.807) is 23.2 Å². The number of ether oxygens (including phenoxy) is 1. The fraction of sp³-hybridized carbons (Fsp3) is 0.357. The van der Waals surface area contributed by atoms with Gasteiger partial charge in [-0.05, 0) is 17.7 Å². The summed E-state index contributed by atoms with van der Waals surface area (Å²) in [5, 5.41) is 10.8. The number of hydrogen-bond donors (Lipinski definition) is 1. The summed E-state index contributed by atoms with van der Waals surface area (Å²) in [6.07, 6.45) is 1.37. The number of nitrogens with one attached hydrogen (secondary N) is 1. The highest BCUT2D eigenvalue weighted by Crippen LogP contribution is 2.23. The van der Waals surface area contributed by atoms with Gasteiger partial charge in [-0.15, -0.1) is 5.10 Å². The molecule has 0 aliphatic carbocycles. The lowest BCUT2D eigenvalue weighted by Crippen LogP contribution is -2.43. The number of aromatic amines is 1. The normalized spacial score (nSPS) is 18.4. The van der Waals surface area contributed by atoms with Gasteiger partial charge in [-0.2, -0.15) is 10.3 Å². The Kier molecular flexibility index (Phi) is 4.69. The minimum atomic E-state index is -0.281. The van der Waals surface area contributed by atoms with Gasteiger partial charge >= 0.3 is 0 Å². The Balaban J connectivity index is 1.57. The van der Waals surface area contributed by atoms with Crippen LogP contribution in [-0.4, -0.2) is 51.7 Å². The molecule has 1 fully saturated rings. The van der Waals surface area contributed by atoms with Crippen LogP contribution in [0.1, 0.15) is 11.7 Å². The summed E-state index contributed by atoms with van der Waals surface area (Å²) in [7, 11) is 0. The summed E-state index contributed by atoms with van der Waals surface area (Å²) in [5.74, 6) is 0.0581. The summed E-state index contributed by atoms with van der Waals surface area (Å²) >= 11 is 1.34. The molecule has 1 aliphatic heterocycles. The summed E-state index contributed by atoms with van der Waals surface area (Å²) in [6, 6.07) is 6.19. The molecule has 0 unspecified atom stereocenters. The predicted octanol–water partition coefficient (Wildman–Crippen LogP) is 1.64. The Morgan fingerprint density at radius 1 is 1.45 bits per heavy atom. The molecule has 6 nitrogen and oxygen atoms in total. The topological polar surface area (TPSA) is 71.1 Å². The van der Waals surface area contributed by atoms with Crippen molar-refractivity contribution in [3.05, 3.63) is 41.8 Å². The number of amides is 1. The van der Waals surface area contributed by atoms with E-state index in [1.807, 2.05) is 0 Å². The van der Waals surface area contributed by atoms with Crippen molar-refractivity contribution in [3.8, 4) is 0 Å².